The second kappa shape index (κ2) is 8.58. The van der Waals surface area contributed by atoms with Crippen molar-refractivity contribution in [3.05, 3.63) is 30.3 Å². The van der Waals surface area contributed by atoms with Crippen molar-refractivity contribution in [3.8, 4) is 0 Å². The van der Waals surface area contributed by atoms with Crippen LogP contribution >= 0.6 is 11.8 Å². The van der Waals surface area contributed by atoms with Crippen LogP contribution in [0.1, 0.15) is 19.8 Å². The van der Waals surface area contributed by atoms with Gasteiger partial charge in [0.1, 0.15) is 6.54 Å². The second-order valence-electron chi connectivity index (χ2n) is 4.12. The Morgan fingerprint density at radius 3 is 2.53 bits per heavy atom. The third-order valence-corrected chi connectivity index (χ3v) is 3.56. The topological polar surface area (TPSA) is 57.6 Å². The molecule has 0 spiro atoms. The minimum atomic E-state index is -1.00. The first-order chi connectivity index (χ1) is 9.15. The van der Waals surface area contributed by atoms with Crippen LogP contribution in [0.4, 0.5) is 5.69 Å². The van der Waals surface area contributed by atoms with E-state index >= 15 is 0 Å². The van der Waals surface area contributed by atoms with Gasteiger partial charge in [0.2, 0.25) is 5.91 Å². The van der Waals surface area contributed by atoms with Crippen LogP contribution < -0.4 is 4.90 Å². The Labute approximate surface area is 117 Å². The summed E-state index contributed by atoms with van der Waals surface area (Å²) in [5, 5.41) is 8.90. The molecule has 0 saturated heterocycles. The van der Waals surface area contributed by atoms with Crippen molar-refractivity contribution in [1.82, 2.24) is 0 Å². The average Bonchev–Trinajstić information content (AvgIpc) is 2.41. The summed E-state index contributed by atoms with van der Waals surface area (Å²) in [7, 11) is 0. The van der Waals surface area contributed by atoms with Gasteiger partial charge in [0.25, 0.3) is 0 Å². The predicted octanol–water partition coefficient (Wildman–Crippen LogP) is 2.64. The summed E-state index contributed by atoms with van der Waals surface area (Å²) in [5.41, 5.74) is 0.631. The Hall–Kier alpha value is -1.49. The fraction of sp³-hybridized carbons (Fsp3) is 0.429. The van der Waals surface area contributed by atoms with Gasteiger partial charge in [0.15, 0.2) is 0 Å². The van der Waals surface area contributed by atoms with Crippen molar-refractivity contribution in [1.29, 1.82) is 0 Å². The molecule has 5 heteroatoms. The number of carboxylic acid groups (broad SMARTS) is 1. The Bertz CT molecular complexity index is 408. The van der Waals surface area contributed by atoms with E-state index in [1.54, 1.807) is 36.0 Å². The first-order valence-electron chi connectivity index (χ1n) is 6.30. The van der Waals surface area contributed by atoms with E-state index in [1.807, 2.05) is 6.07 Å². The van der Waals surface area contributed by atoms with Crippen molar-refractivity contribution < 1.29 is 14.7 Å². The number of aliphatic carboxylic acids is 1. The van der Waals surface area contributed by atoms with E-state index in [-0.39, 0.29) is 12.5 Å². The van der Waals surface area contributed by atoms with Gasteiger partial charge >= 0.3 is 5.97 Å². The molecule has 4 nitrogen and oxygen atoms in total. The molecule has 0 bridgehead atoms. The number of unbranched alkanes of at least 4 members (excludes halogenated alkanes) is 1. The summed E-state index contributed by atoms with van der Waals surface area (Å²) in [5.74, 6) is 0.0885. The van der Waals surface area contributed by atoms with Crippen molar-refractivity contribution in [2.24, 2.45) is 0 Å². The van der Waals surface area contributed by atoms with Gasteiger partial charge in [-0.1, -0.05) is 31.5 Å². The van der Waals surface area contributed by atoms with Crippen LogP contribution in [0.15, 0.2) is 30.3 Å². The minimum Gasteiger partial charge on any atom is -0.480 e. The zero-order valence-corrected chi connectivity index (χ0v) is 11.9. The fourth-order valence-corrected chi connectivity index (χ4v) is 2.52. The van der Waals surface area contributed by atoms with Crippen LogP contribution in [0.3, 0.4) is 0 Å². The van der Waals surface area contributed by atoms with Gasteiger partial charge in [-0.15, -0.1) is 0 Å². The summed E-state index contributed by atoms with van der Waals surface area (Å²) < 4.78 is 0. The molecule has 0 aliphatic rings. The van der Waals surface area contributed by atoms with Gasteiger partial charge in [-0.05, 0) is 24.3 Å². The van der Waals surface area contributed by atoms with Crippen LogP contribution in [0.25, 0.3) is 0 Å². The van der Waals surface area contributed by atoms with E-state index < -0.39 is 5.97 Å². The highest BCUT2D eigenvalue weighted by molar-refractivity contribution is 7.99. The first kappa shape index (κ1) is 15.6. The van der Waals surface area contributed by atoms with Crippen LogP contribution in [0, 0.1) is 0 Å². The normalized spacial score (nSPS) is 10.2. The smallest absolute Gasteiger partial charge is 0.323 e. The third-order valence-electron chi connectivity index (χ3n) is 2.53. The number of para-hydroxylation sites is 1. The number of nitrogens with zero attached hydrogens (tertiary/aromatic N) is 1. The highest BCUT2D eigenvalue weighted by atomic mass is 32.2. The van der Waals surface area contributed by atoms with Crippen molar-refractivity contribution in [2.75, 3.05) is 23.0 Å². The Kier molecular flexibility index (Phi) is 7.03. The van der Waals surface area contributed by atoms with Crippen molar-refractivity contribution >= 4 is 29.3 Å². The lowest BCUT2D eigenvalue weighted by atomic mass is 10.3. The van der Waals surface area contributed by atoms with Gasteiger partial charge in [-0.25, -0.2) is 0 Å². The number of benzene rings is 1. The molecular formula is C14H19NO3S. The maximum Gasteiger partial charge on any atom is 0.323 e. The first-order valence-corrected chi connectivity index (χ1v) is 7.45. The lowest BCUT2D eigenvalue weighted by molar-refractivity contribution is -0.136. The maximum absolute atomic E-state index is 12.1. The van der Waals surface area contributed by atoms with E-state index in [1.165, 1.54) is 4.90 Å². The molecule has 0 atom stereocenters. The fourth-order valence-electron chi connectivity index (χ4n) is 1.55. The van der Waals surface area contributed by atoms with E-state index in [0.29, 0.717) is 11.4 Å². The molecule has 0 aliphatic carbocycles. The van der Waals surface area contributed by atoms with Crippen LogP contribution in [-0.4, -0.2) is 35.0 Å². The van der Waals surface area contributed by atoms with Gasteiger partial charge in [0, 0.05) is 5.69 Å². The van der Waals surface area contributed by atoms with Crippen molar-refractivity contribution in [2.45, 2.75) is 19.8 Å². The zero-order valence-electron chi connectivity index (χ0n) is 11.0. The average molecular weight is 281 g/mol. The summed E-state index contributed by atoms with van der Waals surface area (Å²) in [6, 6.07) is 8.92. The van der Waals surface area contributed by atoms with Crippen LogP contribution in [0.2, 0.25) is 0 Å². The number of hydrogen-bond acceptors (Lipinski definition) is 3. The Morgan fingerprint density at radius 1 is 1.26 bits per heavy atom. The Balaban J connectivity index is 2.63. The molecule has 1 rings (SSSR count). The molecule has 0 fully saturated rings. The number of amides is 1. The van der Waals surface area contributed by atoms with E-state index in [4.69, 9.17) is 5.11 Å². The number of carbonyl (C=O) groups excluding carboxylic acids is 1. The van der Waals surface area contributed by atoms with Gasteiger partial charge in [-0.3, -0.25) is 9.59 Å². The highest BCUT2D eigenvalue weighted by Gasteiger charge is 2.18. The van der Waals surface area contributed by atoms with E-state index in [2.05, 4.69) is 6.92 Å². The summed E-state index contributed by atoms with van der Waals surface area (Å²) in [6.45, 7) is 1.81. The van der Waals surface area contributed by atoms with E-state index in [0.717, 1.165) is 18.6 Å². The quantitative estimate of drug-likeness (QED) is 0.744. The monoisotopic (exact) mass is 281 g/mol. The Morgan fingerprint density at radius 2 is 1.95 bits per heavy atom. The molecule has 0 unspecified atom stereocenters. The van der Waals surface area contributed by atoms with Gasteiger partial charge < -0.3 is 10.0 Å². The third kappa shape index (κ3) is 5.79. The van der Waals surface area contributed by atoms with Crippen LogP contribution in [-0.2, 0) is 9.59 Å². The molecule has 0 saturated carbocycles. The molecule has 0 aromatic heterocycles. The van der Waals surface area contributed by atoms with Gasteiger partial charge in [-0.2, -0.15) is 11.8 Å². The van der Waals surface area contributed by atoms with Crippen LogP contribution in [0.5, 0.6) is 0 Å². The highest BCUT2D eigenvalue weighted by Crippen LogP contribution is 2.15. The molecule has 0 aliphatic heterocycles. The molecule has 1 N–H and O–H groups in total. The van der Waals surface area contributed by atoms with Gasteiger partial charge in [0.05, 0.1) is 5.75 Å². The number of hydrogen-bond donors (Lipinski definition) is 1. The van der Waals surface area contributed by atoms with E-state index in [9.17, 15) is 9.59 Å². The number of rotatable bonds is 8. The van der Waals surface area contributed by atoms with Crippen molar-refractivity contribution in [3.63, 3.8) is 0 Å². The standard InChI is InChI=1S/C14H19NO3S/c1-2-3-9-19-11-13(16)15(10-14(17)18)12-7-5-4-6-8-12/h4-8H,2-3,9-11H2,1H3,(H,17,18). The minimum absolute atomic E-state index is 0.158. The lowest BCUT2D eigenvalue weighted by Gasteiger charge is -2.20. The summed E-state index contributed by atoms with van der Waals surface area (Å²) in [4.78, 5) is 24.3. The zero-order chi connectivity index (χ0) is 14.1. The number of carboxylic acids is 1. The predicted molar refractivity (Wildman–Crippen MR) is 78.7 cm³/mol. The number of carbonyl (C=O) groups is 2. The molecule has 0 heterocycles. The molecule has 19 heavy (non-hydrogen) atoms. The lowest BCUT2D eigenvalue weighted by Crippen LogP contribution is -2.37. The molecule has 1 aromatic rings. The molecular weight excluding hydrogens is 262 g/mol. The molecule has 0 radical (unpaired) electrons. The SMILES string of the molecule is CCCCSCC(=O)N(CC(=O)O)c1ccccc1. The largest absolute Gasteiger partial charge is 0.480 e. The maximum atomic E-state index is 12.1. The molecule has 104 valence electrons. The second-order valence-corrected chi connectivity index (χ2v) is 5.22. The molecule has 1 amide bonds. The molecule has 1 aromatic carbocycles. The summed E-state index contributed by atoms with van der Waals surface area (Å²) >= 11 is 1.55. The summed E-state index contributed by atoms with van der Waals surface area (Å²) in [6.07, 6.45) is 2.17. The number of thioether (sulfide) groups is 1. The number of anilines is 1.